The molecule has 3 nitrogen and oxygen atoms in total. The smallest absolute Gasteiger partial charge is 0.318 e. The molecule has 1 fully saturated rings. The van der Waals surface area contributed by atoms with Gasteiger partial charge in [-0.25, -0.2) is 4.79 Å². The molecule has 1 saturated carbocycles. The van der Waals surface area contributed by atoms with Gasteiger partial charge in [0.2, 0.25) is 0 Å². The highest BCUT2D eigenvalue weighted by Gasteiger charge is 2.25. The van der Waals surface area contributed by atoms with Crippen molar-refractivity contribution in [1.29, 1.82) is 0 Å². The van der Waals surface area contributed by atoms with Gasteiger partial charge in [0.1, 0.15) is 0 Å². The molecule has 0 aromatic carbocycles. The summed E-state index contributed by atoms with van der Waals surface area (Å²) in [6.07, 6.45) is 6.36. The average Bonchev–Trinajstić information content (AvgIpc) is 2.67. The van der Waals surface area contributed by atoms with Crippen LogP contribution in [0.1, 0.15) is 12.8 Å². The van der Waals surface area contributed by atoms with E-state index in [1.807, 2.05) is 12.2 Å². The lowest BCUT2D eigenvalue weighted by molar-refractivity contribution is 0.210. The molecule has 2 rings (SSSR count). The summed E-state index contributed by atoms with van der Waals surface area (Å²) >= 11 is 0. The molecule has 11 heavy (non-hydrogen) atoms. The molecule has 2 aliphatic rings. The number of carbonyl (C=O) groups is 1. The molecule has 0 bridgehead atoms. The minimum Gasteiger partial charge on any atom is -0.335 e. The van der Waals surface area contributed by atoms with Gasteiger partial charge in [-0.2, -0.15) is 0 Å². The van der Waals surface area contributed by atoms with Gasteiger partial charge < -0.3 is 10.2 Å². The van der Waals surface area contributed by atoms with Crippen LogP contribution in [0.2, 0.25) is 0 Å². The molecule has 0 aromatic rings. The summed E-state index contributed by atoms with van der Waals surface area (Å²) in [5.74, 6) is 0. The Morgan fingerprint density at radius 3 is 2.55 bits per heavy atom. The Bertz CT molecular complexity index is 188. The first-order valence-corrected chi connectivity index (χ1v) is 4.07. The number of hydrogen-bond acceptors (Lipinski definition) is 1. The second kappa shape index (κ2) is 2.57. The number of urea groups is 1. The predicted octanol–water partition coefficient (Wildman–Crippen LogP) is 0.730. The maximum atomic E-state index is 11.3. The molecule has 0 spiro atoms. The molecule has 1 N–H and O–H groups in total. The monoisotopic (exact) mass is 152 g/mol. The summed E-state index contributed by atoms with van der Waals surface area (Å²) in [5.41, 5.74) is 0. The lowest BCUT2D eigenvalue weighted by atomic mass is 10.6. The van der Waals surface area contributed by atoms with E-state index in [0.717, 1.165) is 25.9 Å². The van der Waals surface area contributed by atoms with Gasteiger partial charge in [0.15, 0.2) is 0 Å². The van der Waals surface area contributed by atoms with Crippen molar-refractivity contribution in [3.8, 4) is 0 Å². The van der Waals surface area contributed by atoms with Gasteiger partial charge in [0, 0.05) is 19.1 Å². The molecule has 60 valence electrons. The number of rotatable bonds is 1. The van der Waals surface area contributed by atoms with Crippen LogP contribution in [0.5, 0.6) is 0 Å². The molecule has 0 radical (unpaired) electrons. The molecule has 3 heteroatoms. The first kappa shape index (κ1) is 6.70. The van der Waals surface area contributed by atoms with Gasteiger partial charge in [-0.1, -0.05) is 12.2 Å². The Labute approximate surface area is 66.1 Å². The van der Waals surface area contributed by atoms with E-state index in [2.05, 4.69) is 5.32 Å². The van der Waals surface area contributed by atoms with Crippen molar-refractivity contribution in [2.75, 3.05) is 13.1 Å². The maximum absolute atomic E-state index is 11.3. The van der Waals surface area contributed by atoms with E-state index in [4.69, 9.17) is 0 Å². The van der Waals surface area contributed by atoms with Crippen LogP contribution in [-0.4, -0.2) is 30.1 Å². The Morgan fingerprint density at radius 2 is 2.00 bits per heavy atom. The van der Waals surface area contributed by atoms with Crippen LogP contribution < -0.4 is 5.32 Å². The van der Waals surface area contributed by atoms with E-state index in [1.165, 1.54) is 0 Å². The Morgan fingerprint density at radius 1 is 1.36 bits per heavy atom. The average molecular weight is 152 g/mol. The fourth-order valence-corrected chi connectivity index (χ4v) is 1.14. The molecular weight excluding hydrogens is 140 g/mol. The molecule has 0 atom stereocenters. The molecule has 1 aliphatic heterocycles. The van der Waals surface area contributed by atoms with E-state index in [0.29, 0.717) is 6.04 Å². The van der Waals surface area contributed by atoms with Crippen molar-refractivity contribution >= 4 is 6.03 Å². The zero-order valence-corrected chi connectivity index (χ0v) is 6.42. The number of nitrogens with zero attached hydrogens (tertiary/aromatic N) is 1. The van der Waals surface area contributed by atoms with Crippen LogP contribution in [-0.2, 0) is 0 Å². The third-order valence-corrected chi connectivity index (χ3v) is 2.01. The van der Waals surface area contributed by atoms with E-state index in [1.54, 1.807) is 4.90 Å². The summed E-state index contributed by atoms with van der Waals surface area (Å²) in [4.78, 5) is 13.1. The highest BCUT2D eigenvalue weighted by atomic mass is 16.2. The SMILES string of the molecule is O=C(NC1CC1)N1CC=CC1. The fraction of sp³-hybridized carbons (Fsp3) is 0.625. The minimum absolute atomic E-state index is 0.0949. The van der Waals surface area contributed by atoms with Crippen LogP contribution in [0.15, 0.2) is 12.2 Å². The fourth-order valence-electron chi connectivity index (χ4n) is 1.14. The standard InChI is InChI=1S/C8H12N2O/c11-8(9-7-3-4-7)10-5-1-2-6-10/h1-2,7H,3-6H2,(H,9,11). The van der Waals surface area contributed by atoms with Crippen molar-refractivity contribution in [2.24, 2.45) is 0 Å². The van der Waals surface area contributed by atoms with Gasteiger partial charge in [-0.05, 0) is 12.8 Å². The molecule has 2 amide bonds. The van der Waals surface area contributed by atoms with Crippen molar-refractivity contribution in [3.05, 3.63) is 12.2 Å². The molecule has 0 aromatic heterocycles. The van der Waals surface area contributed by atoms with Crippen molar-refractivity contribution < 1.29 is 4.79 Å². The third-order valence-electron chi connectivity index (χ3n) is 2.01. The van der Waals surface area contributed by atoms with Crippen LogP contribution in [0.4, 0.5) is 4.79 Å². The number of carbonyl (C=O) groups excluding carboxylic acids is 1. The van der Waals surface area contributed by atoms with E-state index >= 15 is 0 Å². The number of amides is 2. The van der Waals surface area contributed by atoms with Crippen molar-refractivity contribution in [3.63, 3.8) is 0 Å². The zero-order chi connectivity index (χ0) is 7.68. The van der Waals surface area contributed by atoms with Gasteiger partial charge in [0.25, 0.3) is 0 Å². The zero-order valence-electron chi connectivity index (χ0n) is 6.42. The van der Waals surface area contributed by atoms with Gasteiger partial charge in [-0.15, -0.1) is 0 Å². The quantitative estimate of drug-likeness (QED) is 0.552. The van der Waals surface area contributed by atoms with E-state index in [9.17, 15) is 4.79 Å². The van der Waals surface area contributed by atoms with E-state index < -0.39 is 0 Å². The normalized spacial score (nSPS) is 22.4. The Kier molecular flexibility index (Phi) is 1.56. The Balaban J connectivity index is 1.79. The highest BCUT2D eigenvalue weighted by Crippen LogP contribution is 2.19. The van der Waals surface area contributed by atoms with Crippen molar-refractivity contribution in [1.82, 2.24) is 10.2 Å². The van der Waals surface area contributed by atoms with Gasteiger partial charge >= 0.3 is 6.03 Å². The molecule has 0 unspecified atom stereocenters. The largest absolute Gasteiger partial charge is 0.335 e. The first-order valence-electron chi connectivity index (χ1n) is 4.07. The van der Waals surface area contributed by atoms with Crippen LogP contribution in [0.3, 0.4) is 0 Å². The minimum atomic E-state index is 0.0949. The summed E-state index contributed by atoms with van der Waals surface area (Å²) in [5, 5.41) is 2.94. The van der Waals surface area contributed by atoms with Crippen LogP contribution in [0, 0.1) is 0 Å². The molecule has 1 heterocycles. The van der Waals surface area contributed by atoms with Crippen LogP contribution >= 0.6 is 0 Å². The first-order chi connectivity index (χ1) is 5.36. The number of nitrogens with one attached hydrogen (secondary N) is 1. The summed E-state index contributed by atoms with van der Waals surface area (Å²) < 4.78 is 0. The third kappa shape index (κ3) is 1.53. The molecule has 1 aliphatic carbocycles. The summed E-state index contributed by atoms with van der Waals surface area (Å²) in [6, 6.07) is 0.570. The summed E-state index contributed by atoms with van der Waals surface area (Å²) in [6.45, 7) is 1.55. The lowest BCUT2D eigenvalue weighted by Crippen LogP contribution is -2.39. The lowest BCUT2D eigenvalue weighted by Gasteiger charge is -2.15. The van der Waals surface area contributed by atoms with Crippen molar-refractivity contribution in [2.45, 2.75) is 18.9 Å². The topological polar surface area (TPSA) is 32.3 Å². The Hall–Kier alpha value is -0.990. The predicted molar refractivity (Wildman–Crippen MR) is 42.3 cm³/mol. The van der Waals surface area contributed by atoms with Gasteiger partial charge in [-0.3, -0.25) is 0 Å². The maximum Gasteiger partial charge on any atom is 0.318 e. The summed E-state index contributed by atoms with van der Waals surface area (Å²) in [7, 11) is 0. The molecular formula is C8H12N2O. The number of hydrogen-bond donors (Lipinski definition) is 1. The second-order valence-electron chi connectivity index (χ2n) is 3.10. The second-order valence-corrected chi connectivity index (χ2v) is 3.10. The van der Waals surface area contributed by atoms with Crippen LogP contribution in [0.25, 0.3) is 0 Å². The highest BCUT2D eigenvalue weighted by molar-refractivity contribution is 5.75. The van der Waals surface area contributed by atoms with Gasteiger partial charge in [0.05, 0.1) is 0 Å². The van der Waals surface area contributed by atoms with E-state index in [-0.39, 0.29) is 6.03 Å². The molecule has 0 saturated heterocycles.